The zero-order chi connectivity index (χ0) is 16.5. The lowest BCUT2D eigenvalue weighted by Gasteiger charge is -2.19. The molecule has 22 heavy (non-hydrogen) atoms. The van der Waals surface area contributed by atoms with Crippen LogP contribution in [-0.2, 0) is 6.42 Å². The van der Waals surface area contributed by atoms with Crippen molar-refractivity contribution in [3.05, 3.63) is 35.4 Å². The van der Waals surface area contributed by atoms with E-state index in [-0.39, 0.29) is 24.1 Å². The van der Waals surface area contributed by atoms with Crippen molar-refractivity contribution in [2.75, 3.05) is 6.54 Å². The fourth-order valence-electron chi connectivity index (χ4n) is 2.48. The molecule has 0 aliphatic rings. The van der Waals surface area contributed by atoms with Gasteiger partial charge in [0.2, 0.25) is 0 Å². The highest BCUT2D eigenvalue weighted by molar-refractivity contribution is 5.74. The molecule has 0 aromatic heterocycles. The number of nitrogens with one attached hydrogen (secondary N) is 2. The summed E-state index contributed by atoms with van der Waals surface area (Å²) >= 11 is 0. The highest BCUT2D eigenvalue weighted by atomic mass is 16.3. The van der Waals surface area contributed by atoms with Crippen molar-refractivity contribution in [3.8, 4) is 0 Å². The first-order chi connectivity index (χ1) is 10.4. The number of amides is 2. The minimum atomic E-state index is -0.329. The van der Waals surface area contributed by atoms with Crippen molar-refractivity contribution in [2.45, 2.75) is 59.1 Å². The molecule has 4 nitrogen and oxygen atoms in total. The number of carbonyl (C=O) groups excluding carboxylic acids is 1. The normalized spacial score (nSPS) is 15.0. The average molecular weight is 306 g/mol. The average Bonchev–Trinajstić information content (AvgIpc) is 2.46. The highest BCUT2D eigenvalue weighted by Crippen LogP contribution is 2.08. The van der Waals surface area contributed by atoms with Crippen LogP contribution in [0.25, 0.3) is 0 Å². The summed E-state index contributed by atoms with van der Waals surface area (Å²) in [7, 11) is 0. The smallest absolute Gasteiger partial charge is 0.315 e. The maximum absolute atomic E-state index is 12.0. The molecule has 3 atom stereocenters. The third-order valence-electron chi connectivity index (χ3n) is 3.79. The Labute approximate surface area is 134 Å². The fraction of sp³-hybridized carbons (Fsp3) is 0.611. The predicted molar refractivity (Wildman–Crippen MR) is 91.0 cm³/mol. The van der Waals surface area contributed by atoms with E-state index in [9.17, 15) is 9.90 Å². The van der Waals surface area contributed by atoms with E-state index in [1.165, 1.54) is 11.1 Å². The highest BCUT2D eigenvalue weighted by Gasteiger charge is 2.12. The number of benzene rings is 1. The Bertz CT molecular complexity index is 443. The maximum atomic E-state index is 12.0. The number of rotatable bonds is 8. The topological polar surface area (TPSA) is 61.4 Å². The molecule has 4 heteroatoms. The zero-order valence-corrected chi connectivity index (χ0v) is 14.2. The quantitative estimate of drug-likeness (QED) is 0.691. The molecule has 0 fully saturated rings. The molecule has 0 aliphatic heterocycles. The van der Waals surface area contributed by atoms with Gasteiger partial charge in [-0.15, -0.1) is 0 Å². The Balaban J connectivity index is 2.38. The Hall–Kier alpha value is -1.55. The van der Waals surface area contributed by atoms with Gasteiger partial charge in [0, 0.05) is 12.6 Å². The SMILES string of the molecule is CCC(Cc1ccc(C)cc1)NC(=O)NCC(C)CC(C)O. The Kier molecular flexibility index (Phi) is 7.96. The van der Waals surface area contributed by atoms with E-state index < -0.39 is 0 Å². The van der Waals surface area contributed by atoms with Crippen molar-refractivity contribution in [1.29, 1.82) is 0 Å². The van der Waals surface area contributed by atoms with E-state index in [1.807, 2.05) is 6.92 Å². The predicted octanol–water partition coefficient (Wildman–Crippen LogP) is 3.02. The number of hydrogen-bond acceptors (Lipinski definition) is 2. The lowest BCUT2D eigenvalue weighted by Crippen LogP contribution is -2.44. The lowest BCUT2D eigenvalue weighted by molar-refractivity contribution is 0.163. The molecule has 0 bridgehead atoms. The molecule has 0 radical (unpaired) electrons. The molecular weight excluding hydrogens is 276 g/mol. The van der Waals surface area contributed by atoms with Gasteiger partial charge in [-0.1, -0.05) is 43.7 Å². The molecule has 0 spiro atoms. The largest absolute Gasteiger partial charge is 0.393 e. The number of hydrogen-bond donors (Lipinski definition) is 3. The van der Waals surface area contributed by atoms with Crippen molar-refractivity contribution >= 4 is 6.03 Å². The fourth-order valence-corrected chi connectivity index (χ4v) is 2.48. The van der Waals surface area contributed by atoms with Crippen LogP contribution < -0.4 is 10.6 Å². The van der Waals surface area contributed by atoms with E-state index in [0.717, 1.165) is 12.8 Å². The summed E-state index contributed by atoms with van der Waals surface area (Å²) in [6.45, 7) is 8.52. The van der Waals surface area contributed by atoms with Crippen LogP contribution >= 0.6 is 0 Å². The monoisotopic (exact) mass is 306 g/mol. The van der Waals surface area contributed by atoms with Gasteiger partial charge in [-0.3, -0.25) is 0 Å². The van der Waals surface area contributed by atoms with Crippen LogP contribution in [0.15, 0.2) is 24.3 Å². The van der Waals surface area contributed by atoms with Crippen LogP contribution in [-0.4, -0.2) is 29.8 Å². The number of urea groups is 1. The standard InChI is InChI=1S/C18H30N2O2/c1-5-17(11-16-8-6-13(2)7-9-16)20-18(22)19-12-14(3)10-15(4)21/h6-9,14-15,17,21H,5,10-12H2,1-4H3,(H2,19,20,22). The Morgan fingerprint density at radius 2 is 1.86 bits per heavy atom. The van der Waals surface area contributed by atoms with Gasteiger partial charge >= 0.3 is 6.03 Å². The van der Waals surface area contributed by atoms with Gasteiger partial charge in [-0.05, 0) is 44.6 Å². The lowest BCUT2D eigenvalue weighted by atomic mass is 10.0. The van der Waals surface area contributed by atoms with E-state index >= 15 is 0 Å². The van der Waals surface area contributed by atoms with E-state index in [1.54, 1.807) is 6.92 Å². The first kappa shape index (κ1) is 18.5. The molecule has 3 N–H and O–H groups in total. The molecule has 3 unspecified atom stereocenters. The van der Waals surface area contributed by atoms with Crippen molar-refractivity contribution < 1.29 is 9.90 Å². The first-order valence-corrected chi connectivity index (χ1v) is 8.18. The summed E-state index contributed by atoms with van der Waals surface area (Å²) in [5, 5.41) is 15.2. The summed E-state index contributed by atoms with van der Waals surface area (Å²) < 4.78 is 0. The number of aliphatic hydroxyl groups is 1. The molecule has 0 saturated carbocycles. The van der Waals surface area contributed by atoms with Gasteiger partial charge in [-0.25, -0.2) is 4.79 Å². The van der Waals surface area contributed by atoms with Crippen LogP contribution in [0, 0.1) is 12.8 Å². The minimum absolute atomic E-state index is 0.128. The molecule has 0 heterocycles. The Morgan fingerprint density at radius 1 is 1.23 bits per heavy atom. The number of aliphatic hydroxyl groups excluding tert-OH is 1. The summed E-state index contributed by atoms with van der Waals surface area (Å²) in [6.07, 6.45) is 2.10. The van der Waals surface area contributed by atoms with Gasteiger partial charge in [0.25, 0.3) is 0 Å². The van der Waals surface area contributed by atoms with Crippen molar-refractivity contribution in [2.24, 2.45) is 5.92 Å². The molecule has 124 valence electrons. The second-order valence-corrected chi connectivity index (χ2v) is 6.34. The summed E-state index contributed by atoms with van der Waals surface area (Å²) in [6, 6.07) is 8.43. The van der Waals surface area contributed by atoms with Crippen LogP contribution in [0.2, 0.25) is 0 Å². The third kappa shape index (κ3) is 7.46. The Morgan fingerprint density at radius 3 is 2.41 bits per heavy atom. The minimum Gasteiger partial charge on any atom is -0.393 e. The molecular formula is C18H30N2O2. The first-order valence-electron chi connectivity index (χ1n) is 8.18. The number of aryl methyl sites for hydroxylation is 1. The molecule has 1 aromatic carbocycles. The second-order valence-electron chi connectivity index (χ2n) is 6.34. The van der Waals surface area contributed by atoms with Gasteiger partial charge in [0.1, 0.15) is 0 Å². The molecule has 0 saturated heterocycles. The summed E-state index contributed by atoms with van der Waals surface area (Å²) in [4.78, 5) is 12.0. The van der Waals surface area contributed by atoms with Crippen LogP contribution in [0.1, 0.15) is 44.7 Å². The zero-order valence-electron chi connectivity index (χ0n) is 14.2. The van der Waals surface area contributed by atoms with Crippen molar-refractivity contribution in [3.63, 3.8) is 0 Å². The third-order valence-corrected chi connectivity index (χ3v) is 3.79. The van der Waals surface area contributed by atoms with Crippen LogP contribution in [0.5, 0.6) is 0 Å². The molecule has 0 aliphatic carbocycles. The van der Waals surface area contributed by atoms with E-state index in [4.69, 9.17) is 0 Å². The molecule has 1 aromatic rings. The second kappa shape index (κ2) is 9.46. The number of carbonyl (C=O) groups is 1. The molecule has 1 rings (SSSR count). The van der Waals surface area contributed by atoms with Crippen LogP contribution in [0.4, 0.5) is 4.79 Å². The maximum Gasteiger partial charge on any atom is 0.315 e. The van der Waals surface area contributed by atoms with Gasteiger partial charge in [-0.2, -0.15) is 0 Å². The van der Waals surface area contributed by atoms with Crippen molar-refractivity contribution in [1.82, 2.24) is 10.6 Å². The van der Waals surface area contributed by atoms with Crippen LogP contribution in [0.3, 0.4) is 0 Å². The summed E-state index contributed by atoms with van der Waals surface area (Å²) in [5.41, 5.74) is 2.48. The van der Waals surface area contributed by atoms with E-state index in [2.05, 4.69) is 48.7 Å². The van der Waals surface area contributed by atoms with Gasteiger partial charge in [0.05, 0.1) is 6.10 Å². The van der Waals surface area contributed by atoms with Gasteiger partial charge in [0.15, 0.2) is 0 Å². The molecule has 2 amide bonds. The van der Waals surface area contributed by atoms with E-state index in [0.29, 0.717) is 13.0 Å². The summed E-state index contributed by atoms with van der Waals surface area (Å²) in [5.74, 6) is 0.267. The van der Waals surface area contributed by atoms with Gasteiger partial charge < -0.3 is 15.7 Å².